The number of aliphatic hydroxyl groups excluding tert-OH is 1. The van der Waals surface area contributed by atoms with Crippen LogP contribution in [0.15, 0.2) is 36.5 Å². The highest BCUT2D eigenvalue weighted by molar-refractivity contribution is 7.47. The Morgan fingerprint density at radius 3 is 1.07 bits per heavy atom. The maximum absolute atomic E-state index is 13.0. The number of nitrogens with one attached hydrogen (secondary N) is 1. The van der Waals surface area contributed by atoms with Crippen LogP contribution in [-0.4, -0.2) is 73.4 Å². The minimum atomic E-state index is -4.36. The van der Waals surface area contributed by atoms with Gasteiger partial charge in [-0.05, 0) is 44.9 Å². The molecule has 0 saturated carbocycles. The summed E-state index contributed by atoms with van der Waals surface area (Å²) in [4.78, 5) is 23.3. The van der Waals surface area contributed by atoms with Crippen molar-refractivity contribution in [2.45, 2.75) is 341 Å². The summed E-state index contributed by atoms with van der Waals surface area (Å²) in [6, 6.07) is -0.868. The standard InChI is InChI=1S/C66H129N2O6P/c1-6-8-10-12-14-16-18-20-22-24-25-26-27-28-29-30-31-32-33-34-35-36-37-38-39-40-41-42-44-46-48-50-52-54-56-58-60-66(70)67-64(63-74-75(71,72)73-62-61-68(3,4)5)65(69)59-57-55-53-51-49-47-45-43-23-21-19-17-15-13-11-9-7-2/h23,43,49,51,57,59,64-65,69H,6-22,24-42,44-48,50,52-56,58,60-63H2,1-5H3,(H-,67,70,71,72)/p+1/b43-23+,51-49+,59-57+. The third-order valence-electron chi connectivity index (χ3n) is 15.1. The average Bonchev–Trinajstić information content (AvgIpc) is 3.37. The van der Waals surface area contributed by atoms with Crippen LogP contribution in [-0.2, 0) is 18.4 Å². The van der Waals surface area contributed by atoms with Gasteiger partial charge >= 0.3 is 7.82 Å². The monoisotopic (exact) mass is 1080 g/mol. The van der Waals surface area contributed by atoms with Crippen LogP contribution in [0.1, 0.15) is 328 Å². The van der Waals surface area contributed by atoms with Gasteiger partial charge in [0.2, 0.25) is 5.91 Å². The molecule has 0 spiro atoms. The van der Waals surface area contributed by atoms with Gasteiger partial charge in [-0.1, -0.05) is 314 Å². The lowest BCUT2D eigenvalue weighted by atomic mass is 10.0. The van der Waals surface area contributed by atoms with Gasteiger partial charge in [0.1, 0.15) is 13.2 Å². The summed E-state index contributed by atoms with van der Waals surface area (Å²) < 4.78 is 23.7. The fourth-order valence-electron chi connectivity index (χ4n) is 9.96. The molecule has 0 bridgehead atoms. The van der Waals surface area contributed by atoms with Crippen molar-refractivity contribution in [3.63, 3.8) is 0 Å². The van der Waals surface area contributed by atoms with Gasteiger partial charge in [0.25, 0.3) is 0 Å². The quantitative estimate of drug-likeness (QED) is 0.0243. The minimum absolute atomic E-state index is 0.0551. The first-order chi connectivity index (χ1) is 36.5. The van der Waals surface area contributed by atoms with Gasteiger partial charge in [-0.2, -0.15) is 0 Å². The second-order valence-electron chi connectivity index (χ2n) is 23.8. The van der Waals surface area contributed by atoms with Crippen molar-refractivity contribution in [1.29, 1.82) is 0 Å². The molecule has 0 aliphatic carbocycles. The number of amides is 1. The summed E-state index contributed by atoms with van der Waals surface area (Å²) in [6.45, 7) is 4.82. The largest absolute Gasteiger partial charge is 0.472 e. The van der Waals surface area contributed by atoms with E-state index < -0.39 is 20.0 Å². The second-order valence-corrected chi connectivity index (χ2v) is 25.3. The normalized spacial score (nSPS) is 14.0. The first kappa shape index (κ1) is 73.7. The van der Waals surface area contributed by atoms with E-state index in [9.17, 15) is 19.4 Å². The molecule has 3 N–H and O–H groups in total. The number of quaternary nitrogens is 1. The Morgan fingerprint density at radius 2 is 0.733 bits per heavy atom. The Morgan fingerprint density at radius 1 is 0.440 bits per heavy atom. The van der Waals surface area contributed by atoms with Crippen molar-refractivity contribution in [2.24, 2.45) is 0 Å². The van der Waals surface area contributed by atoms with Crippen molar-refractivity contribution in [2.75, 3.05) is 40.9 Å². The number of likely N-dealkylation sites (N-methyl/N-ethyl adjacent to an activating group) is 1. The molecular weight excluding hydrogens is 948 g/mol. The molecule has 0 fully saturated rings. The van der Waals surface area contributed by atoms with Crippen molar-refractivity contribution in [3.8, 4) is 0 Å². The summed E-state index contributed by atoms with van der Waals surface area (Å²) in [6.07, 6.45) is 75.9. The molecule has 3 unspecified atom stereocenters. The highest BCUT2D eigenvalue weighted by atomic mass is 31.2. The summed E-state index contributed by atoms with van der Waals surface area (Å²) in [5.41, 5.74) is 0. The van der Waals surface area contributed by atoms with E-state index in [2.05, 4.69) is 43.5 Å². The van der Waals surface area contributed by atoms with Gasteiger partial charge in [0, 0.05) is 6.42 Å². The lowest BCUT2D eigenvalue weighted by Gasteiger charge is -2.25. The van der Waals surface area contributed by atoms with Crippen molar-refractivity contribution in [1.82, 2.24) is 5.32 Å². The van der Waals surface area contributed by atoms with Crippen LogP contribution in [0.2, 0.25) is 0 Å². The lowest BCUT2D eigenvalue weighted by Crippen LogP contribution is -2.45. The van der Waals surface area contributed by atoms with Crippen molar-refractivity contribution in [3.05, 3.63) is 36.5 Å². The van der Waals surface area contributed by atoms with Gasteiger partial charge in [-0.25, -0.2) is 4.57 Å². The predicted octanol–water partition coefficient (Wildman–Crippen LogP) is 20.5. The summed E-state index contributed by atoms with van der Waals surface area (Å²) in [5.74, 6) is -0.185. The van der Waals surface area contributed by atoms with Crippen LogP contribution in [0.5, 0.6) is 0 Å². The third kappa shape index (κ3) is 60.2. The molecule has 0 heterocycles. The van der Waals surface area contributed by atoms with E-state index in [1.807, 2.05) is 27.2 Å². The van der Waals surface area contributed by atoms with Crippen molar-refractivity contribution < 1.29 is 32.9 Å². The molecule has 0 rings (SSSR count). The van der Waals surface area contributed by atoms with E-state index >= 15 is 0 Å². The molecule has 0 aromatic heterocycles. The molecule has 0 aromatic carbocycles. The number of rotatable bonds is 61. The Hall–Kier alpha value is -1.28. The molecule has 0 radical (unpaired) electrons. The molecule has 0 aromatic rings. The van der Waals surface area contributed by atoms with E-state index in [0.717, 1.165) is 44.9 Å². The number of unbranched alkanes of at least 4 members (excludes halogenated alkanes) is 44. The SMILES string of the molecule is CCCCCCCCC/C=C/CC/C=C/CC/C=C/C(O)C(COP(=O)(O)OCC[N+](C)(C)C)NC(=O)CCCCCCCCCCCCCCCCCCCCCCCCCCCCCCCCCCCCCC. The van der Waals surface area contributed by atoms with Gasteiger partial charge < -0.3 is 19.8 Å². The van der Waals surface area contributed by atoms with Crippen LogP contribution >= 0.6 is 7.82 Å². The zero-order chi connectivity index (χ0) is 54.9. The maximum atomic E-state index is 13.0. The van der Waals surface area contributed by atoms with Gasteiger partial charge in [0.05, 0.1) is 39.9 Å². The zero-order valence-corrected chi connectivity index (χ0v) is 51.7. The first-order valence-corrected chi connectivity index (χ1v) is 34.4. The molecule has 0 aliphatic rings. The zero-order valence-electron chi connectivity index (χ0n) is 50.8. The molecule has 0 aliphatic heterocycles. The van der Waals surface area contributed by atoms with E-state index in [4.69, 9.17) is 9.05 Å². The highest BCUT2D eigenvalue weighted by Gasteiger charge is 2.28. The van der Waals surface area contributed by atoms with Crippen molar-refractivity contribution >= 4 is 13.7 Å². The van der Waals surface area contributed by atoms with Crippen LogP contribution in [0.4, 0.5) is 0 Å². The van der Waals surface area contributed by atoms with E-state index in [-0.39, 0.29) is 19.1 Å². The fraction of sp³-hybridized carbons (Fsp3) is 0.894. The number of phosphoric acid groups is 1. The van der Waals surface area contributed by atoms with E-state index in [1.54, 1.807) is 6.08 Å². The smallest absolute Gasteiger partial charge is 0.387 e. The highest BCUT2D eigenvalue weighted by Crippen LogP contribution is 2.43. The molecular formula is C66H130N2O6P+. The number of hydrogen-bond donors (Lipinski definition) is 3. The Labute approximate surface area is 467 Å². The van der Waals surface area contributed by atoms with Crippen LogP contribution < -0.4 is 5.32 Å². The Balaban J connectivity index is 3.97. The first-order valence-electron chi connectivity index (χ1n) is 32.9. The molecule has 9 heteroatoms. The number of nitrogens with zero attached hydrogens (tertiary/aromatic N) is 1. The molecule has 75 heavy (non-hydrogen) atoms. The van der Waals surface area contributed by atoms with Crippen LogP contribution in [0, 0.1) is 0 Å². The van der Waals surface area contributed by atoms with Gasteiger partial charge in [0.15, 0.2) is 0 Å². The number of allylic oxidation sites excluding steroid dienone is 5. The topological polar surface area (TPSA) is 105 Å². The second kappa shape index (κ2) is 57.4. The number of carbonyl (C=O) groups is 1. The average molecular weight is 1080 g/mol. The fourth-order valence-corrected chi connectivity index (χ4v) is 10.7. The molecule has 444 valence electrons. The number of hydrogen-bond acceptors (Lipinski definition) is 5. The molecule has 1 amide bonds. The van der Waals surface area contributed by atoms with Gasteiger partial charge in [-0.15, -0.1) is 0 Å². The predicted molar refractivity (Wildman–Crippen MR) is 328 cm³/mol. The summed E-state index contributed by atoms with van der Waals surface area (Å²) >= 11 is 0. The maximum Gasteiger partial charge on any atom is 0.472 e. The van der Waals surface area contributed by atoms with Crippen LogP contribution in [0.25, 0.3) is 0 Å². The summed E-state index contributed by atoms with van der Waals surface area (Å²) in [7, 11) is 1.56. The number of aliphatic hydroxyl groups is 1. The lowest BCUT2D eigenvalue weighted by molar-refractivity contribution is -0.870. The molecule has 3 atom stereocenters. The number of carbonyl (C=O) groups excluding carboxylic acids is 1. The van der Waals surface area contributed by atoms with Crippen LogP contribution in [0.3, 0.4) is 0 Å². The molecule has 8 nitrogen and oxygen atoms in total. The number of phosphoric ester groups is 1. The Bertz CT molecular complexity index is 1320. The summed E-state index contributed by atoms with van der Waals surface area (Å²) in [5, 5.41) is 13.9. The van der Waals surface area contributed by atoms with Gasteiger partial charge in [-0.3, -0.25) is 13.8 Å². The van der Waals surface area contributed by atoms with E-state index in [0.29, 0.717) is 17.4 Å². The molecule has 0 saturated heterocycles. The van der Waals surface area contributed by atoms with E-state index in [1.165, 1.54) is 263 Å². The Kier molecular flexibility index (Phi) is 56.4. The minimum Gasteiger partial charge on any atom is -0.387 e. The third-order valence-corrected chi connectivity index (χ3v) is 16.1.